The van der Waals surface area contributed by atoms with Crippen molar-refractivity contribution in [3.63, 3.8) is 0 Å². The summed E-state index contributed by atoms with van der Waals surface area (Å²) in [4.78, 5) is 2.31. The van der Waals surface area contributed by atoms with E-state index in [1.807, 2.05) is 0 Å². The summed E-state index contributed by atoms with van der Waals surface area (Å²) in [7, 11) is 4.36. The normalized spacial score (nSPS) is 19.4. The molecule has 0 spiro atoms. The molecule has 0 saturated carbocycles. The number of rotatable bonds is 6. The van der Waals surface area contributed by atoms with Gasteiger partial charge in [0.25, 0.3) is 0 Å². The molecule has 0 N–H and O–H groups in total. The van der Waals surface area contributed by atoms with E-state index in [1.165, 1.54) is 43.3 Å². The number of hydrogen-bond donors (Lipinski definition) is 0. The fraction of sp³-hybridized carbons (Fsp3) is 1.00. The maximum atomic E-state index is 2.82. The van der Waals surface area contributed by atoms with Crippen molar-refractivity contribution in [2.24, 2.45) is 0 Å². The van der Waals surface area contributed by atoms with Gasteiger partial charge in [-0.05, 0) is 0 Å². The molecule has 1 fully saturated rings. The van der Waals surface area contributed by atoms with Crippen LogP contribution in [-0.4, -0.2) is 79.5 Å². The summed E-state index contributed by atoms with van der Waals surface area (Å²) in [5.74, 6) is 0. The van der Waals surface area contributed by atoms with Crippen molar-refractivity contribution in [2.45, 2.75) is 24.4 Å². The van der Waals surface area contributed by atoms with E-state index in [4.69, 9.17) is 0 Å². The predicted octanol–water partition coefficient (Wildman–Crippen LogP) is 1.08. The third-order valence-electron chi connectivity index (χ3n) is 3.40. The third kappa shape index (κ3) is 4.25. The Morgan fingerprint density at radius 1 is 1.07 bits per heavy atom. The molecule has 3 nitrogen and oxygen atoms in total. The molecular formula is C11H26InN3. The average Bonchev–Trinajstić information content (AvgIpc) is 2.59. The van der Waals surface area contributed by atoms with Crippen molar-refractivity contribution in [1.82, 2.24) is 10.7 Å². The van der Waals surface area contributed by atoms with Crippen LogP contribution in [0.4, 0.5) is 0 Å². The summed E-state index contributed by atoms with van der Waals surface area (Å²) in [6.45, 7) is 11.2. The van der Waals surface area contributed by atoms with Gasteiger partial charge in [-0.2, -0.15) is 0 Å². The van der Waals surface area contributed by atoms with E-state index >= 15 is 0 Å². The van der Waals surface area contributed by atoms with Gasteiger partial charge in [-0.25, -0.2) is 0 Å². The Kier molecular flexibility index (Phi) is 6.58. The van der Waals surface area contributed by atoms with Crippen LogP contribution in [0.1, 0.15) is 20.3 Å². The van der Waals surface area contributed by atoms with E-state index in [9.17, 15) is 0 Å². The van der Waals surface area contributed by atoms with Crippen LogP contribution in [0.15, 0.2) is 0 Å². The summed E-state index contributed by atoms with van der Waals surface area (Å²) >= 11 is -1.47. The zero-order chi connectivity index (χ0) is 11.3. The first-order chi connectivity index (χ1) is 7.19. The Labute approximate surface area is 104 Å². The molecule has 0 amide bonds. The Balaban J connectivity index is 2.34. The second kappa shape index (κ2) is 7.15. The summed E-state index contributed by atoms with van der Waals surface area (Å²) in [6.07, 6.45) is 1.40. The van der Waals surface area contributed by atoms with Crippen molar-refractivity contribution >= 4 is 22.0 Å². The summed E-state index contributed by atoms with van der Waals surface area (Å²) < 4.78 is 7.17. The van der Waals surface area contributed by atoms with E-state index in [0.29, 0.717) is 0 Å². The van der Waals surface area contributed by atoms with Gasteiger partial charge in [0.15, 0.2) is 0 Å². The monoisotopic (exact) mass is 315 g/mol. The van der Waals surface area contributed by atoms with Crippen molar-refractivity contribution < 1.29 is 0 Å². The first kappa shape index (κ1) is 13.8. The van der Waals surface area contributed by atoms with E-state index in [0.717, 1.165) is 0 Å². The molecule has 4 heteroatoms. The standard InChI is InChI=1S/C6H14N2.C5H12N.In/c1-3-7-5-6-8-4-2;1-4-5-6(2)3;/h3-6H2,1-2H3;1,4-5H2,2-3H3;/q-2;;+2. The molecule has 0 unspecified atom stereocenters. The van der Waals surface area contributed by atoms with E-state index in [1.54, 1.807) is 0 Å². The van der Waals surface area contributed by atoms with Crippen molar-refractivity contribution in [3.05, 3.63) is 0 Å². The quantitative estimate of drug-likeness (QED) is 0.726. The molecule has 0 bridgehead atoms. The van der Waals surface area contributed by atoms with Crippen molar-refractivity contribution in [1.29, 1.82) is 0 Å². The second-order valence-corrected chi connectivity index (χ2v) is 13.2. The minimum atomic E-state index is -1.47. The molecule has 0 aromatic heterocycles. The van der Waals surface area contributed by atoms with E-state index in [-0.39, 0.29) is 0 Å². The van der Waals surface area contributed by atoms with Crippen LogP contribution < -0.4 is 0 Å². The van der Waals surface area contributed by atoms with Crippen molar-refractivity contribution in [2.75, 3.05) is 46.8 Å². The maximum absolute atomic E-state index is 2.82. The molecule has 15 heavy (non-hydrogen) atoms. The minimum absolute atomic E-state index is 1.27. The molecule has 1 aliphatic rings. The van der Waals surface area contributed by atoms with Gasteiger partial charge >= 0.3 is 104 Å². The van der Waals surface area contributed by atoms with Crippen LogP contribution in [0.3, 0.4) is 0 Å². The molecular weight excluding hydrogens is 289 g/mol. The number of nitrogens with zero attached hydrogens (tertiary/aromatic N) is 3. The molecule has 88 valence electrons. The molecule has 1 rings (SSSR count). The molecule has 1 aliphatic heterocycles. The summed E-state index contributed by atoms with van der Waals surface area (Å²) in [6, 6.07) is 0. The molecule has 0 aromatic rings. The van der Waals surface area contributed by atoms with Gasteiger partial charge < -0.3 is 0 Å². The van der Waals surface area contributed by atoms with E-state index < -0.39 is 22.0 Å². The Hall–Kier alpha value is 0.750. The molecule has 0 aliphatic carbocycles. The SMILES string of the molecule is CC[N]1CC[N](CC)[In]1[CH2]CCN(C)C. The van der Waals surface area contributed by atoms with Gasteiger partial charge in [0.05, 0.1) is 0 Å². The average molecular weight is 315 g/mol. The Morgan fingerprint density at radius 2 is 1.60 bits per heavy atom. The van der Waals surface area contributed by atoms with Crippen molar-refractivity contribution in [3.8, 4) is 0 Å². The molecule has 1 saturated heterocycles. The van der Waals surface area contributed by atoms with Gasteiger partial charge in [-0.1, -0.05) is 0 Å². The van der Waals surface area contributed by atoms with Gasteiger partial charge in [-0.3, -0.25) is 0 Å². The topological polar surface area (TPSA) is 9.72 Å². The second-order valence-electron chi connectivity index (χ2n) is 4.68. The van der Waals surface area contributed by atoms with Crippen LogP contribution in [0.2, 0.25) is 4.18 Å². The summed E-state index contributed by atoms with van der Waals surface area (Å²) in [5, 5.41) is 0. The van der Waals surface area contributed by atoms with Crippen LogP contribution in [0.5, 0.6) is 0 Å². The van der Waals surface area contributed by atoms with Crippen LogP contribution in [0, 0.1) is 0 Å². The molecule has 1 heterocycles. The van der Waals surface area contributed by atoms with Gasteiger partial charge in [0.2, 0.25) is 0 Å². The van der Waals surface area contributed by atoms with Crippen LogP contribution in [-0.2, 0) is 0 Å². The molecule has 0 aromatic carbocycles. The summed E-state index contributed by atoms with van der Waals surface area (Å²) in [5.41, 5.74) is 0. The van der Waals surface area contributed by atoms with Crippen LogP contribution in [0.25, 0.3) is 0 Å². The fourth-order valence-corrected chi connectivity index (χ4v) is 12.2. The van der Waals surface area contributed by atoms with E-state index in [2.05, 4.69) is 38.6 Å². The molecule has 0 atom stereocenters. The fourth-order valence-electron chi connectivity index (χ4n) is 2.48. The molecule has 0 radical (unpaired) electrons. The predicted molar refractivity (Wildman–Crippen MR) is 68.2 cm³/mol. The third-order valence-corrected chi connectivity index (χ3v) is 14.4. The first-order valence-corrected chi connectivity index (χ1v) is 11.6. The van der Waals surface area contributed by atoms with Gasteiger partial charge in [-0.15, -0.1) is 0 Å². The Bertz CT molecular complexity index is 163. The van der Waals surface area contributed by atoms with Gasteiger partial charge in [0.1, 0.15) is 0 Å². The Morgan fingerprint density at radius 3 is 2.00 bits per heavy atom. The van der Waals surface area contributed by atoms with Crippen LogP contribution >= 0.6 is 0 Å². The first-order valence-electron chi connectivity index (χ1n) is 6.31. The van der Waals surface area contributed by atoms with Gasteiger partial charge in [0, 0.05) is 0 Å². The zero-order valence-corrected chi connectivity index (χ0v) is 14.2. The number of hydrogen-bond acceptors (Lipinski definition) is 3. The zero-order valence-electron chi connectivity index (χ0n) is 10.9. The number of likely N-dealkylation sites (N-methyl/N-ethyl adjacent to an activating group) is 2.